The Morgan fingerprint density at radius 1 is 0.387 bits per heavy atom. The summed E-state index contributed by atoms with van der Waals surface area (Å²) in [6.07, 6.45) is 0.275. The van der Waals surface area contributed by atoms with Gasteiger partial charge >= 0.3 is 0 Å². The maximum Gasteiger partial charge on any atom is 0.251 e. The Balaban J connectivity index is 1.52. The third kappa shape index (κ3) is 19.2. The molecule has 1 saturated carbocycles. The van der Waals surface area contributed by atoms with Gasteiger partial charge in [0.15, 0.2) is 0 Å². The van der Waals surface area contributed by atoms with E-state index in [1.54, 1.807) is 18.2 Å². The van der Waals surface area contributed by atoms with E-state index in [1.165, 1.54) is 99.8 Å². The summed E-state index contributed by atoms with van der Waals surface area (Å²) < 4.78 is 31.6. The fourth-order valence-electron chi connectivity index (χ4n) is 8.23. The van der Waals surface area contributed by atoms with Crippen LogP contribution in [-0.2, 0) is 28.8 Å². The Labute approximate surface area is 435 Å². The van der Waals surface area contributed by atoms with E-state index in [2.05, 4.69) is 47.9 Å². The molecule has 0 spiro atoms. The van der Waals surface area contributed by atoms with Crippen LogP contribution in [0.1, 0.15) is 90.4 Å². The van der Waals surface area contributed by atoms with E-state index in [0.717, 1.165) is 0 Å². The minimum atomic E-state index is -1.14. The van der Waals surface area contributed by atoms with Crippen LogP contribution in [0.5, 0.6) is 34.5 Å². The minimum absolute atomic E-state index is 0.0358. The van der Waals surface area contributed by atoms with Crippen molar-refractivity contribution in [3.05, 3.63) is 71.3 Å². The SMILES string of the molecule is COc1cc(OC)cc(C(=O)NCC[C@H](NC(C)=O)C(=O)NC2CC(NC(=O)[C@H](CCNC(=O)c3cc(OC)cc(OC)c3)NC(C)=O)CC(NC(=O)[C@H](CCNC(=O)c3cc(OC)cc(OC)c3)NC(C)=O)C2)c1. The van der Waals surface area contributed by atoms with Crippen LogP contribution in [-0.4, -0.2) is 152 Å². The Morgan fingerprint density at radius 3 is 0.787 bits per heavy atom. The molecule has 408 valence electrons. The monoisotopic (exact) mass is 1050 g/mol. The van der Waals surface area contributed by atoms with Gasteiger partial charge in [-0.2, -0.15) is 0 Å². The van der Waals surface area contributed by atoms with Gasteiger partial charge in [0.2, 0.25) is 35.4 Å². The van der Waals surface area contributed by atoms with Gasteiger partial charge in [0.1, 0.15) is 52.6 Å². The average molecular weight is 1050 g/mol. The third-order valence-corrected chi connectivity index (χ3v) is 11.8. The van der Waals surface area contributed by atoms with Crippen LogP contribution in [0.25, 0.3) is 0 Å². The van der Waals surface area contributed by atoms with E-state index in [9.17, 15) is 43.2 Å². The maximum absolute atomic E-state index is 14.0. The van der Waals surface area contributed by atoms with E-state index < -0.39 is 89.4 Å². The van der Waals surface area contributed by atoms with Gasteiger partial charge in [-0.05, 0) is 74.9 Å². The van der Waals surface area contributed by atoms with Crippen LogP contribution in [0.2, 0.25) is 0 Å². The molecular formula is C51H69N9O15. The first-order valence-electron chi connectivity index (χ1n) is 24.0. The van der Waals surface area contributed by atoms with Crippen LogP contribution in [0.3, 0.4) is 0 Å². The largest absolute Gasteiger partial charge is 0.497 e. The van der Waals surface area contributed by atoms with Gasteiger partial charge in [0.05, 0.1) is 42.7 Å². The lowest BCUT2D eigenvalue weighted by atomic mass is 9.86. The summed E-state index contributed by atoms with van der Waals surface area (Å²) >= 11 is 0. The van der Waals surface area contributed by atoms with Crippen molar-refractivity contribution in [1.29, 1.82) is 0 Å². The number of methoxy groups -OCH3 is 6. The molecule has 0 heterocycles. The van der Waals surface area contributed by atoms with E-state index >= 15 is 0 Å². The summed E-state index contributed by atoms with van der Waals surface area (Å²) in [5.41, 5.74) is 0.693. The lowest BCUT2D eigenvalue weighted by molar-refractivity contribution is -0.130. The molecule has 3 aromatic rings. The highest BCUT2D eigenvalue weighted by Gasteiger charge is 2.35. The van der Waals surface area contributed by atoms with E-state index in [1.807, 2.05) is 0 Å². The van der Waals surface area contributed by atoms with Gasteiger partial charge in [-0.15, -0.1) is 0 Å². The number of ether oxygens (including phenoxy) is 6. The first-order chi connectivity index (χ1) is 35.8. The van der Waals surface area contributed by atoms with E-state index in [0.29, 0.717) is 34.5 Å². The molecular weight excluding hydrogens is 979 g/mol. The molecule has 9 N–H and O–H groups in total. The van der Waals surface area contributed by atoms with Crippen LogP contribution >= 0.6 is 0 Å². The molecule has 9 amide bonds. The van der Waals surface area contributed by atoms with E-state index in [-0.39, 0.29) is 74.8 Å². The molecule has 0 saturated heterocycles. The third-order valence-electron chi connectivity index (χ3n) is 11.8. The number of benzene rings is 3. The zero-order valence-electron chi connectivity index (χ0n) is 43.6. The van der Waals surface area contributed by atoms with Crippen molar-refractivity contribution >= 4 is 53.2 Å². The Hall–Kier alpha value is -8.31. The summed E-state index contributed by atoms with van der Waals surface area (Å²) in [5.74, 6) is -2.61. The van der Waals surface area contributed by atoms with Crippen LogP contribution in [0.4, 0.5) is 0 Å². The summed E-state index contributed by atoms with van der Waals surface area (Å²) in [6.45, 7) is 3.57. The zero-order chi connectivity index (χ0) is 55.2. The molecule has 1 aliphatic rings. The van der Waals surface area contributed by atoms with Gasteiger partial charge in [0, 0.05) is 93.4 Å². The average Bonchev–Trinajstić information content (AvgIpc) is 3.38. The van der Waals surface area contributed by atoms with Gasteiger partial charge in [-0.3, -0.25) is 43.2 Å². The first-order valence-corrected chi connectivity index (χ1v) is 24.0. The molecule has 75 heavy (non-hydrogen) atoms. The van der Waals surface area contributed by atoms with Crippen molar-refractivity contribution in [2.45, 2.75) is 95.5 Å². The molecule has 0 aliphatic heterocycles. The fourth-order valence-corrected chi connectivity index (χ4v) is 8.23. The predicted octanol–water partition coefficient (Wildman–Crippen LogP) is 0.651. The second kappa shape index (κ2) is 29.4. The smallest absolute Gasteiger partial charge is 0.251 e. The number of amides is 9. The lowest BCUT2D eigenvalue weighted by Crippen LogP contribution is -2.59. The second-order valence-corrected chi connectivity index (χ2v) is 17.5. The number of hydrogen-bond acceptors (Lipinski definition) is 15. The predicted molar refractivity (Wildman–Crippen MR) is 272 cm³/mol. The highest BCUT2D eigenvalue weighted by molar-refractivity contribution is 5.97. The summed E-state index contributed by atoms with van der Waals surface area (Å²) in [6, 6.07) is 8.24. The zero-order valence-corrected chi connectivity index (χ0v) is 43.6. The fraction of sp³-hybridized carbons (Fsp3) is 0.471. The molecule has 24 nitrogen and oxygen atoms in total. The molecule has 4 rings (SSSR count). The number of hydrogen-bond donors (Lipinski definition) is 9. The van der Waals surface area contributed by atoms with Crippen molar-refractivity contribution < 1.29 is 71.6 Å². The topological polar surface area (TPSA) is 317 Å². The lowest BCUT2D eigenvalue weighted by Gasteiger charge is -2.37. The molecule has 24 heteroatoms. The molecule has 3 aromatic carbocycles. The maximum atomic E-state index is 14.0. The quantitative estimate of drug-likeness (QED) is 0.0507. The van der Waals surface area contributed by atoms with Crippen molar-refractivity contribution in [3.63, 3.8) is 0 Å². The highest BCUT2D eigenvalue weighted by Crippen LogP contribution is 2.25. The second-order valence-electron chi connectivity index (χ2n) is 17.5. The number of nitrogens with one attached hydrogen (secondary N) is 9. The van der Waals surface area contributed by atoms with Crippen LogP contribution < -0.4 is 76.3 Å². The van der Waals surface area contributed by atoms with Gasteiger partial charge < -0.3 is 76.3 Å². The molecule has 0 bridgehead atoms. The number of carbonyl (C=O) groups is 9. The summed E-state index contributed by atoms with van der Waals surface area (Å²) in [5, 5.41) is 24.9. The Morgan fingerprint density at radius 2 is 0.600 bits per heavy atom. The summed E-state index contributed by atoms with van der Waals surface area (Å²) in [7, 11) is 8.66. The molecule has 0 unspecified atom stereocenters. The van der Waals surface area contributed by atoms with Gasteiger partial charge in [0.25, 0.3) is 17.7 Å². The van der Waals surface area contributed by atoms with Gasteiger partial charge in [-0.1, -0.05) is 0 Å². The normalized spacial score (nSPS) is 15.9. The molecule has 0 aromatic heterocycles. The standard InChI is InChI=1S/C51H69N9O15/c1-28(61)55-43(10-13-52-46(64)31-16-37(70-4)25-38(17-31)71-5)49(67)58-34-22-35(59-50(68)44(56-29(2)62)11-14-53-47(65)32-18-39(72-6)26-40(19-32)73-7)24-36(23-34)60-51(69)45(57-30(3)63)12-15-54-48(66)33-20-41(74-8)27-42(21-33)75-9/h16-21,25-27,34-36,43-45H,10-15,22-24H2,1-9H3,(H,52,64)(H,53,65)(H,54,66)(H,55,61)(H,56,62)(H,57,63)(H,58,67)(H,59,68)(H,60,69)/t34?,35?,36?,43-,44-,45-/m0/s1. The first kappa shape index (κ1) is 59.3. The molecule has 1 aliphatic carbocycles. The number of carbonyl (C=O) groups excluding carboxylic acids is 9. The molecule has 3 atom stereocenters. The van der Waals surface area contributed by atoms with Crippen molar-refractivity contribution in [2.24, 2.45) is 0 Å². The van der Waals surface area contributed by atoms with Crippen LogP contribution in [0, 0.1) is 0 Å². The van der Waals surface area contributed by atoms with E-state index in [4.69, 9.17) is 28.4 Å². The van der Waals surface area contributed by atoms with Gasteiger partial charge in [-0.25, -0.2) is 0 Å². The highest BCUT2D eigenvalue weighted by atomic mass is 16.5. The Kier molecular flexibility index (Phi) is 23.2. The van der Waals surface area contributed by atoms with Crippen molar-refractivity contribution in [3.8, 4) is 34.5 Å². The number of rotatable bonds is 27. The van der Waals surface area contributed by atoms with Crippen LogP contribution in [0.15, 0.2) is 54.6 Å². The summed E-state index contributed by atoms with van der Waals surface area (Å²) in [4.78, 5) is 119. The molecule has 0 radical (unpaired) electrons. The minimum Gasteiger partial charge on any atom is -0.497 e. The van der Waals surface area contributed by atoms with Crippen molar-refractivity contribution in [2.75, 3.05) is 62.3 Å². The van der Waals surface area contributed by atoms with Crippen molar-refractivity contribution in [1.82, 2.24) is 47.9 Å². The molecule has 1 fully saturated rings. The Bertz CT molecular complexity index is 2180.